The second kappa shape index (κ2) is 5.84. The van der Waals surface area contributed by atoms with Gasteiger partial charge in [-0.25, -0.2) is 0 Å². The number of nitriles is 1. The minimum absolute atomic E-state index is 0.106. The van der Waals surface area contributed by atoms with Gasteiger partial charge in [0.15, 0.2) is 0 Å². The van der Waals surface area contributed by atoms with Crippen LogP contribution in [-0.2, 0) is 15.6 Å². The maximum Gasteiger partial charge on any atom is 0.259 e. The maximum absolute atomic E-state index is 11.2. The number of aromatic hydroxyl groups is 1. The summed E-state index contributed by atoms with van der Waals surface area (Å²) in [7, 11) is 0. The summed E-state index contributed by atoms with van der Waals surface area (Å²) in [5, 5.41) is 19.6. The molecular weight excluding hydrogens is 276 g/mol. The molecule has 1 amide bonds. The molecule has 0 unspecified atom stereocenters. The van der Waals surface area contributed by atoms with Gasteiger partial charge in [-0.2, -0.15) is 5.26 Å². The Balaban J connectivity index is 3.70. The Bertz CT molecular complexity index is 631. The van der Waals surface area contributed by atoms with Crippen molar-refractivity contribution >= 4 is 12.0 Å². The summed E-state index contributed by atoms with van der Waals surface area (Å²) in [6.45, 7) is 12.0. The molecule has 0 fully saturated rings. The summed E-state index contributed by atoms with van der Waals surface area (Å²) < 4.78 is 0. The van der Waals surface area contributed by atoms with E-state index in [4.69, 9.17) is 11.0 Å². The lowest BCUT2D eigenvalue weighted by molar-refractivity contribution is -0.114. The van der Waals surface area contributed by atoms with E-state index in [-0.39, 0.29) is 22.2 Å². The Kier molecular flexibility index (Phi) is 4.72. The lowest BCUT2D eigenvalue weighted by atomic mass is 9.78. The third-order valence-corrected chi connectivity index (χ3v) is 3.45. The zero-order chi connectivity index (χ0) is 17.3. The number of hydrogen-bond acceptors (Lipinski definition) is 3. The summed E-state index contributed by atoms with van der Waals surface area (Å²) >= 11 is 0. The van der Waals surface area contributed by atoms with Gasteiger partial charge >= 0.3 is 0 Å². The molecule has 0 saturated carbocycles. The molecule has 3 N–H and O–H groups in total. The number of primary amides is 1. The van der Waals surface area contributed by atoms with Crippen LogP contribution in [0.5, 0.6) is 5.75 Å². The molecule has 0 aliphatic carbocycles. The molecule has 1 aromatic carbocycles. The molecule has 0 radical (unpaired) electrons. The van der Waals surface area contributed by atoms with Crippen molar-refractivity contribution in [2.45, 2.75) is 52.4 Å². The molecule has 0 aromatic heterocycles. The Hall–Kier alpha value is -2.28. The number of carbonyl (C=O) groups excluding carboxylic acids is 1. The number of hydrogen-bond donors (Lipinski definition) is 2. The van der Waals surface area contributed by atoms with Gasteiger partial charge < -0.3 is 10.8 Å². The van der Waals surface area contributed by atoms with E-state index >= 15 is 0 Å². The summed E-state index contributed by atoms with van der Waals surface area (Å²) in [4.78, 5) is 11.2. The van der Waals surface area contributed by atoms with Crippen molar-refractivity contribution in [3.8, 4) is 11.8 Å². The third-order valence-electron chi connectivity index (χ3n) is 3.45. The lowest BCUT2D eigenvalue weighted by Crippen LogP contribution is -2.17. The first-order chi connectivity index (χ1) is 9.87. The number of benzene rings is 1. The van der Waals surface area contributed by atoms with Crippen LogP contribution in [-0.4, -0.2) is 11.0 Å². The highest BCUT2D eigenvalue weighted by Crippen LogP contribution is 2.40. The standard InChI is InChI=1S/C18H24N2O2/c1-17(2,3)13-8-11(7-12(10-19)16(20)22)9-14(15(13)21)18(4,5)6/h7-9,21H,1-6H3,(H2,20,22)/b12-7+. The SMILES string of the molecule is CC(C)(C)c1cc(/C=C(\C#N)C(N)=O)cc(C(C)(C)C)c1O. The summed E-state index contributed by atoms with van der Waals surface area (Å²) in [6, 6.07) is 5.40. The van der Waals surface area contributed by atoms with Gasteiger partial charge in [0.1, 0.15) is 17.4 Å². The molecule has 118 valence electrons. The van der Waals surface area contributed by atoms with Crippen molar-refractivity contribution < 1.29 is 9.90 Å². The van der Waals surface area contributed by atoms with Gasteiger partial charge in [0.25, 0.3) is 5.91 Å². The number of rotatable bonds is 2. The summed E-state index contributed by atoms with van der Waals surface area (Å²) in [6.07, 6.45) is 1.46. The van der Waals surface area contributed by atoms with Crippen LogP contribution >= 0.6 is 0 Å². The molecule has 1 rings (SSSR count). The van der Waals surface area contributed by atoms with E-state index < -0.39 is 5.91 Å². The van der Waals surface area contributed by atoms with Crippen LogP contribution in [0.3, 0.4) is 0 Å². The molecule has 0 heterocycles. The molecule has 4 heteroatoms. The number of carbonyl (C=O) groups is 1. The predicted molar refractivity (Wildman–Crippen MR) is 88.3 cm³/mol. The predicted octanol–water partition coefficient (Wildman–Crippen LogP) is 3.38. The Morgan fingerprint density at radius 3 is 1.82 bits per heavy atom. The Morgan fingerprint density at radius 2 is 1.55 bits per heavy atom. The molecule has 0 saturated heterocycles. The third kappa shape index (κ3) is 3.88. The van der Waals surface area contributed by atoms with Gasteiger partial charge in [-0.3, -0.25) is 4.79 Å². The number of phenols is 1. The zero-order valence-corrected chi connectivity index (χ0v) is 14.1. The molecule has 0 aliphatic rings. The van der Waals surface area contributed by atoms with Crippen LogP contribution in [0.2, 0.25) is 0 Å². The number of phenolic OH excluding ortho intramolecular Hbond substituents is 1. The van der Waals surface area contributed by atoms with Crippen molar-refractivity contribution in [2.24, 2.45) is 5.73 Å². The maximum atomic E-state index is 11.2. The van der Waals surface area contributed by atoms with E-state index in [1.165, 1.54) is 6.08 Å². The molecular formula is C18H24N2O2. The fraction of sp³-hybridized carbons (Fsp3) is 0.444. The summed E-state index contributed by atoms with van der Waals surface area (Å²) in [5.74, 6) is -0.500. The highest BCUT2D eigenvalue weighted by molar-refractivity contribution is 6.00. The number of amides is 1. The van der Waals surface area contributed by atoms with Crippen LogP contribution < -0.4 is 5.73 Å². The first-order valence-corrected chi connectivity index (χ1v) is 7.17. The highest BCUT2D eigenvalue weighted by Gasteiger charge is 2.26. The second-order valence-electron chi connectivity index (χ2n) is 7.50. The van der Waals surface area contributed by atoms with E-state index in [9.17, 15) is 9.90 Å². The molecule has 0 spiro atoms. The minimum Gasteiger partial charge on any atom is -0.507 e. The van der Waals surface area contributed by atoms with Gasteiger partial charge in [-0.05, 0) is 34.6 Å². The molecule has 0 aliphatic heterocycles. The van der Waals surface area contributed by atoms with Crippen molar-refractivity contribution in [1.29, 1.82) is 5.26 Å². The normalized spacial score (nSPS) is 12.9. The monoisotopic (exact) mass is 300 g/mol. The molecule has 0 atom stereocenters. The largest absolute Gasteiger partial charge is 0.507 e. The van der Waals surface area contributed by atoms with E-state index in [2.05, 4.69) is 0 Å². The second-order valence-corrected chi connectivity index (χ2v) is 7.50. The molecule has 0 bridgehead atoms. The van der Waals surface area contributed by atoms with E-state index in [1.54, 1.807) is 18.2 Å². The van der Waals surface area contributed by atoms with E-state index in [0.717, 1.165) is 11.1 Å². The van der Waals surface area contributed by atoms with E-state index in [1.807, 2.05) is 41.5 Å². The van der Waals surface area contributed by atoms with Crippen molar-refractivity contribution in [2.75, 3.05) is 0 Å². The average Bonchev–Trinajstić information content (AvgIpc) is 2.34. The van der Waals surface area contributed by atoms with Gasteiger partial charge in [0, 0.05) is 11.1 Å². The fourth-order valence-electron chi connectivity index (χ4n) is 2.21. The van der Waals surface area contributed by atoms with Gasteiger partial charge in [0.05, 0.1) is 0 Å². The molecule has 4 nitrogen and oxygen atoms in total. The van der Waals surface area contributed by atoms with Crippen molar-refractivity contribution in [3.05, 3.63) is 34.4 Å². The van der Waals surface area contributed by atoms with Gasteiger partial charge in [0.2, 0.25) is 0 Å². The van der Waals surface area contributed by atoms with Gasteiger partial charge in [-0.1, -0.05) is 41.5 Å². The zero-order valence-electron chi connectivity index (χ0n) is 14.1. The van der Waals surface area contributed by atoms with Crippen LogP contribution in [0.15, 0.2) is 17.7 Å². The fourth-order valence-corrected chi connectivity index (χ4v) is 2.21. The lowest BCUT2D eigenvalue weighted by Gasteiger charge is -2.27. The molecule has 22 heavy (non-hydrogen) atoms. The average molecular weight is 300 g/mol. The smallest absolute Gasteiger partial charge is 0.259 e. The van der Waals surface area contributed by atoms with Crippen LogP contribution in [0, 0.1) is 11.3 Å². The first-order valence-electron chi connectivity index (χ1n) is 7.17. The van der Waals surface area contributed by atoms with Crippen LogP contribution in [0.25, 0.3) is 6.08 Å². The topological polar surface area (TPSA) is 87.1 Å². The van der Waals surface area contributed by atoms with Crippen molar-refractivity contribution in [3.63, 3.8) is 0 Å². The Morgan fingerprint density at radius 1 is 1.14 bits per heavy atom. The summed E-state index contributed by atoms with van der Waals surface area (Å²) in [5.41, 5.74) is 6.77. The minimum atomic E-state index is -0.759. The van der Waals surface area contributed by atoms with Crippen LogP contribution in [0.1, 0.15) is 58.2 Å². The molecule has 1 aromatic rings. The Labute approximate surface area is 132 Å². The van der Waals surface area contributed by atoms with Crippen molar-refractivity contribution in [1.82, 2.24) is 0 Å². The van der Waals surface area contributed by atoms with Crippen LogP contribution in [0.4, 0.5) is 0 Å². The van der Waals surface area contributed by atoms with E-state index in [0.29, 0.717) is 5.56 Å². The first kappa shape index (κ1) is 17.8. The quantitative estimate of drug-likeness (QED) is 0.648. The highest BCUT2D eigenvalue weighted by atomic mass is 16.3. The number of nitrogens with zero attached hydrogens (tertiary/aromatic N) is 1. The number of nitrogens with two attached hydrogens (primary N) is 1. The van der Waals surface area contributed by atoms with Gasteiger partial charge in [-0.15, -0.1) is 0 Å².